The number of ketones is 1. The highest BCUT2D eigenvalue weighted by Crippen LogP contribution is 2.37. The number of carbonyl (C=O) groups is 1. The van der Waals surface area contributed by atoms with Crippen LogP contribution in [0.2, 0.25) is 0 Å². The lowest BCUT2D eigenvalue weighted by Crippen LogP contribution is -1.96. The summed E-state index contributed by atoms with van der Waals surface area (Å²) in [5.74, 6) is -0.946. The summed E-state index contributed by atoms with van der Waals surface area (Å²) in [6, 6.07) is 2.87. The van der Waals surface area contributed by atoms with Gasteiger partial charge in [-0.2, -0.15) is 0 Å². The second-order valence-corrected chi connectivity index (χ2v) is 2.80. The van der Waals surface area contributed by atoms with Gasteiger partial charge in [-0.3, -0.25) is 4.79 Å². The molecule has 0 fully saturated rings. The Morgan fingerprint density at radius 3 is 2.50 bits per heavy atom. The average molecular weight is 196 g/mol. The van der Waals surface area contributed by atoms with Gasteiger partial charge in [0.15, 0.2) is 17.3 Å². The SMILES string of the molecule is CCOc1ccc(C(C)=O)c(O)c1O. The van der Waals surface area contributed by atoms with Crippen molar-refractivity contribution in [3.8, 4) is 17.2 Å². The number of phenols is 2. The largest absolute Gasteiger partial charge is 0.504 e. The Morgan fingerprint density at radius 1 is 1.36 bits per heavy atom. The molecule has 0 unspecified atom stereocenters. The number of Topliss-reactive ketones (excluding diaryl/α,β-unsaturated/α-hetero) is 1. The van der Waals surface area contributed by atoms with Crippen LogP contribution in [0.1, 0.15) is 24.2 Å². The van der Waals surface area contributed by atoms with Gasteiger partial charge in [0.1, 0.15) is 0 Å². The lowest BCUT2D eigenvalue weighted by Gasteiger charge is -2.08. The summed E-state index contributed by atoms with van der Waals surface area (Å²) >= 11 is 0. The summed E-state index contributed by atoms with van der Waals surface area (Å²) in [5, 5.41) is 18.9. The van der Waals surface area contributed by atoms with Crippen molar-refractivity contribution in [2.24, 2.45) is 0 Å². The third-order valence-electron chi connectivity index (χ3n) is 1.79. The monoisotopic (exact) mass is 196 g/mol. The number of rotatable bonds is 3. The number of phenolic OH excluding ortho intramolecular Hbond substituents is 2. The number of benzene rings is 1. The molecule has 0 aromatic heterocycles. The van der Waals surface area contributed by atoms with E-state index in [4.69, 9.17) is 4.74 Å². The van der Waals surface area contributed by atoms with Crippen LogP contribution >= 0.6 is 0 Å². The molecule has 0 aliphatic carbocycles. The molecular weight excluding hydrogens is 184 g/mol. The topological polar surface area (TPSA) is 66.8 Å². The molecule has 0 heterocycles. The van der Waals surface area contributed by atoms with Gasteiger partial charge in [0, 0.05) is 0 Å². The van der Waals surface area contributed by atoms with Crippen molar-refractivity contribution in [3.63, 3.8) is 0 Å². The smallest absolute Gasteiger partial charge is 0.201 e. The van der Waals surface area contributed by atoms with E-state index in [2.05, 4.69) is 0 Å². The summed E-state index contributed by atoms with van der Waals surface area (Å²) in [7, 11) is 0. The summed E-state index contributed by atoms with van der Waals surface area (Å²) in [4.78, 5) is 11.0. The van der Waals surface area contributed by atoms with Crippen LogP contribution in [0.5, 0.6) is 17.2 Å². The molecule has 1 aromatic carbocycles. The third-order valence-corrected chi connectivity index (χ3v) is 1.79. The number of aromatic hydroxyl groups is 2. The normalized spacial score (nSPS) is 9.86. The van der Waals surface area contributed by atoms with Gasteiger partial charge < -0.3 is 14.9 Å². The summed E-state index contributed by atoms with van der Waals surface area (Å²) in [6.45, 7) is 3.45. The minimum atomic E-state index is -0.427. The number of carbonyl (C=O) groups excluding carboxylic acids is 1. The fourth-order valence-corrected chi connectivity index (χ4v) is 1.12. The average Bonchev–Trinajstić information content (AvgIpc) is 2.13. The standard InChI is InChI=1S/C10H12O4/c1-3-14-8-5-4-7(6(2)11)9(12)10(8)13/h4-5,12-13H,3H2,1-2H3. The van der Waals surface area contributed by atoms with Crippen LogP contribution in [0.3, 0.4) is 0 Å². The Kier molecular flexibility index (Phi) is 2.96. The molecule has 2 N–H and O–H groups in total. The summed E-state index contributed by atoms with van der Waals surface area (Å²) < 4.78 is 5.03. The molecule has 1 rings (SSSR count). The predicted molar refractivity (Wildman–Crippen MR) is 50.9 cm³/mol. The molecule has 0 radical (unpaired) electrons. The van der Waals surface area contributed by atoms with E-state index in [9.17, 15) is 15.0 Å². The van der Waals surface area contributed by atoms with Crippen LogP contribution in [0, 0.1) is 0 Å². The quantitative estimate of drug-likeness (QED) is 0.570. The van der Waals surface area contributed by atoms with Gasteiger partial charge in [-0.15, -0.1) is 0 Å². The van der Waals surface area contributed by atoms with Crippen LogP contribution < -0.4 is 4.74 Å². The van der Waals surface area contributed by atoms with Crippen molar-refractivity contribution >= 4 is 5.78 Å². The molecule has 0 aliphatic rings. The lowest BCUT2D eigenvalue weighted by atomic mass is 10.1. The molecule has 4 nitrogen and oxygen atoms in total. The van der Waals surface area contributed by atoms with Crippen molar-refractivity contribution < 1.29 is 19.7 Å². The molecule has 0 spiro atoms. The number of hydrogen-bond acceptors (Lipinski definition) is 4. The third kappa shape index (κ3) is 1.79. The van der Waals surface area contributed by atoms with Crippen LogP contribution in [-0.2, 0) is 0 Å². The maximum Gasteiger partial charge on any atom is 0.201 e. The van der Waals surface area contributed by atoms with E-state index in [0.29, 0.717) is 6.61 Å². The molecule has 0 saturated heterocycles. The van der Waals surface area contributed by atoms with Crippen molar-refractivity contribution in [1.82, 2.24) is 0 Å². The van der Waals surface area contributed by atoms with Gasteiger partial charge in [-0.1, -0.05) is 0 Å². The number of hydrogen-bond donors (Lipinski definition) is 2. The first-order chi connectivity index (χ1) is 6.57. The van der Waals surface area contributed by atoms with Gasteiger partial charge >= 0.3 is 0 Å². The Morgan fingerprint density at radius 2 is 2.00 bits per heavy atom. The molecule has 0 amide bonds. The Balaban J connectivity index is 3.19. The molecular formula is C10H12O4. The van der Waals surface area contributed by atoms with Gasteiger partial charge in [0.05, 0.1) is 12.2 Å². The van der Waals surface area contributed by atoms with Gasteiger partial charge in [0.2, 0.25) is 5.75 Å². The molecule has 0 atom stereocenters. The van der Waals surface area contributed by atoms with E-state index < -0.39 is 5.75 Å². The van der Waals surface area contributed by atoms with Crippen molar-refractivity contribution in [2.45, 2.75) is 13.8 Å². The Hall–Kier alpha value is -1.71. The minimum absolute atomic E-state index is 0.0888. The van der Waals surface area contributed by atoms with Crippen LogP contribution in [0.4, 0.5) is 0 Å². The van der Waals surface area contributed by atoms with Crippen LogP contribution in [0.25, 0.3) is 0 Å². The van der Waals surface area contributed by atoms with E-state index in [0.717, 1.165) is 0 Å². The van der Waals surface area contributed by atoms with Crippen LogP contribution in [0.15, 0.2) is 12.1 Å². The molecule has 14 heavy (non-hydrogen) atoms. The van der Waals surface area contributed by atoms with E-state index in [1.54, 1.807) is 6.92 Å². The fourth-order valence-electron chi connectivity index (χ4n) is 1.12. The summed E-state index contributed by atoms with van der Waals surface area (Å²) in [6.07, 6.45) is 0. The van der Waals surface area contributed by atoms with E-state index in [1.807, 2.05) is 0 Å². The first-order valence-corrected chi connectivity index (χ1v) is 4.26. The van der Waals surface area contributed by atoms with Gasteiger partial charge in [-0.05, 0) is 26.0 Å². The van der Waals surface area contributed by atoms with Crippen molar-refractivity contribution in [2.75, 3.05) is 6.61 Å². The first-order valence-electron chi connectivity index (χ1n) is 4.26. The first kappa shape index (κ1) is 10.4. The second kappa shape index (κ2) is 4.00. The highest BCUT2D eigenvalue weighted by Gasteiger charge is 2.14. The van der Waals surface area contributed by atoms with E-state index >= 15 is 0 Å². The molecule has 0 aliphatic heterocycles. The highest BCUT2D eigenvalue weighted by molar-refractivity contribution is 5.97. The zero-order chi connectivity index (χ0) is 10.7. The second-order valence-electron chi connectivity index (χ2n) is 2.80. The summed E-state index contributed by atoms with van der Waals surface area (Å²) in [5.41, 5.74) is 0.0888. The molecule has 1 aromatic rings. The molecule has 0 bridgehead atoms. The highest BCUT2D eigenvalue weighted by atomic mass is 16.5. The van der Waals surface area contributed by atoms with E-state index in [-0.39, 0.29) is 22.8 Å². The molecule has 4 heteroatoms. The van der Waals surface area contributed by atoms with Crippen molar-refractivity contribution in [3.05, 3.63) is 17.7 Å². The zero-order valence-corrected chi connectivity index (χ0v) is 8.07. The van der Waals surface area contributed by atoms with Crippen molar-refractivity contribution in [1.29, 1.82) is 0 Å². The minimum Gasteiger partial charge on any atom is -0.504 e. The fraction of sp³-hybridized carbons (Fsp3) is 0.300. The maximum absolute atomic E-state index is 11.0. The maximum atomic E-state index is 11.0. The lowest BCUT2D eigenvalue weighted by molar-refractivity contribution is 0.101. The van der Waals surface area contributed by atoms with Gasteiger partial charge in [-0.25, -0.2) is 0 Å². The van der Waals surface area contributed by atoms with Crippen LogP contribution in [-0.4, -0.2) is 22.6 Å². The Labute approximate surface area is 81.8 Å². The molecule has 76 valence electrons. The van der Waals surface area contributed by atoms with Gasteiger partial charge in [0.25, 0.3) is 0 Å². The number of ether oxygens (including phenoxy) is 1. The Bertz CT molecular complexity index is 357. The zero-order valence-electron chi connectivity index (χ0n) is 8.07. The predicted octanol–water partition coefficient (Wildman–Crippen LogP) is 1.70. The van der Waals surface area contributed by atoms with E-state index in [1.165, 1.54) is 19.1 Å². The molecule has 0 saturated carbocycles.